The second-order valence-electron chi connectivity index (χ2n) is 2.13. The maximum absolute atomic E-state index is 13.0. The highest BCUT2D eigenvalue weighted by Crippen LogP contribution is 2.16. The van der Waals surface area contributed by atoms with Crippen LogP contribution in [0.25, 0.3) is 0 Å². The van der Waals surface area contributed by atoms with Gasteiger partial charge in [-0.25, -0.2) is 4.39 Å². The van der Waals surface area contributed by atoms with Gasteiger partial charge >= 0.3 is 7.12 Å². The molecule has 0 aliphatic carbocycles. The van der Waals surface area contributed by atoms with Crippen LogP contribution >= 0.6 is 23.2 Å². The van der Waals surface area contributed by atoms with Crippen LogP contribution in [0.1, 0.15) is 0 Å². The van der Waals surface area contributed by atoms with Gasteiger partial charge in [0.05, 0.1) is 5.02 Å². The minimum Gasteiger partial charge on any atom is -0.423 e. The zero-order valence-electron chi connectivity index (χ0n) is 5.76. The van der Waals surface area contributed by atoms with Crippen LogP contribution in [0.4, 0.5) is 4.39 Å². The highest BCUT2D eigenvalue weighted by atomic mass is 35.5. The average molecular weight is 209 g/mol. The van der Waals surface area contributed by atoms with Gasteiger partial charge in [0, 0.05) is 10.5 Å². The monoisotopic (exact) mass is 208 g/mol. The van der Waals surface area contributed by atoms with Crippen LogP contribution in [-0.2, 0) is 0 Å². The van der Waals surface area contributed by atoms with Gasteiger partial charge in [0.15, 0.2) is 0 Å². The molecule has 0 bridgehead atoms. The van der Waals surface area contributed by atoms with Crippen molar-refractivity contribution < 1.29 is 14.4 Å². The second kappa shape index (κ2) is 3.62. The molecule has 6 heteroatoms. The molecule has 1 rings (SSSR count). The Kier molecular flexibility index (Phi) is 2.96. The molecule has 0 fully saturated rings. The smallest absolute Gasteiger partial charge is 0.423 e. The second-order valence-corrected chi connectivity index (χ2v) is 2.94. The van der Waals surface area contributed by atoms with Crippen LogP contribution in [0.15, 0.2) is 12.1 Å². The first-order valence-electron chi connectivity index (χ1n) is 3.03. The van der Waals surface area contributed by atoms with Crippen LogP contribution in [0.3, 0.4) is 0 Å². The summed E-state index contributed by atoms with van der Waals surface area (Å²) in [4.78, 5) is 0. The molecule has 0 spiro atoms. The lowest BCUT2D eigenvalue weighted by Gasteiger charge is -2.04. The molecule has 0 radical (unpaired) electrons. The average Bonchev–Trinajstić information content (AvgIpc) is 1.97. The van der Waals surface area contributed by atoms with Gasteiger partial charge in [-0.3, -0.25) is 0 Å². The molecule has 0 atom stereocenters. The Bertz CT molecular complexity index is 306. The molecule has 0 aliphatic heterocycles. The minimum absolute atomic E-state index is 0.0631. The van der Waals surface area contributed by atoms with Crippen LogP contribution < -0.4 is 5.46 Å². The van der Waals surface area contributed by atoms with E-state index in [1.165, 1.54) is 12.1 Å². The first-order valence-corrected chi connectivity index (χ1v) is 3.79. The molecule has 12 heavy (non-hydrogen) atoms. The van der Waals surface area contributed by atoms with Crippen molar-refractivity contribution >= 4 is 35.8 Å². The minimum atomic E-state index is -1.95. The van der Waals surface area contributed by atoms with Crippen molar-refractivity contribution in [2.75, 3.05) is 0 Å². The third kappa shape index (κ3) is 1.72. The Balaban J connectivity index is 3.33. The standard InChI is InChI=1S/C6H4BCl2FO2/c8-3-1-2-4(9)6(10)5(3)7(11)12/h1-2,11-12H. The fourth-order valence-electron chi connectivity index (χ4n) is 0.779. The van der Waals surface area contributed by atoms with Crippen molar-refractivity contribution in [1.82, 2.24) is 0 Å². The number of rotatable bonds is 1. The van der Waals surface area contributed by atoms with E-state index in [9.17, 15) is 4.39 Å². The van der Waals surface area contributed by atoms with Crippen LogP contribution in [0.5, 0.6) is 0 Å². The van der Waals surface area contributed by atoms with E-state index in [1.807, 2.05) is 0 Å². The quantitative estimate of drug-likeness (QED) is 0.530. The van der Waals surface area contributed by atoms with E-state index >= 15 is 0 Å². The van der Waals surface area contributed by atoms with Gasteiger partial charge in [-0.15, -0.1) is 0 Å². The van der Waals surface area contributed by atoms with E-state index in [1.54, 1.807) is 0 Å². The van der Waals surface area contributed by atoms with Crippen LogP contribution in [-0.4, -0.2) is 17.2 Å². The molecule has 0 aliphatic rings. The van der Waals surface area contributed by atoms with Crippen molar-refractivity contribution in [1.29, 1.82) is 0 Å². The fourth-order valence-corrected chi connectivity index (χ4v) is 1.19. The van der Waals surface area contributed by atoms with E-state index in [-0.39, 0.29) is 10.0 Å². The van der Waals surface area contributed by atoms with Gasteiger partial charge in [0.1, 0.15) is 5.82 Å². The third-order valence-electron chi connectivity index (χ3n) is 1.34. The Hall–Kier alpha value is -0.285. The van der Waals surface area contributed by atoms with Gasteiger partial charge in [-0.05, 0) is 12.1 Å². The summed E-state index contributed by atoms with van der Waals surface area (Å²) in [6.45, 7) is 0. The first kappa shape index (κ1) is 9.80. The molecule has 1 aromatic rings. The van der Waals surface area contributed by atoms with Crippen LogP contribution in [0.2, 0.25) is 10.0 Å². The molecule has 1 aromatic carbocycles. The van der Waals surface area contributed by atoms with Gasteiger partial charge in [-0.1, -0.05) is 23.2 Å². The molecule has 0 saturated heterocycles. The van der Waals surface area contributed by atoms with Gasteiger partial charge < -0.3 is 10.0 Å². The molecule has 2 nitrogen and oxygen atoms in total. The highest BCUT2D eigenvalue weighted by molar-refractivity contribution is 6.63. The zero-order chi connectivity index (χ0) is 9.30. The predicted octanol–water partition coefficient (Wildman–Crippen LogP) is 0.812. The molecule has 0 heterocycles. The summed E-state index contributed by atoms with van der Waals surface area (Å²) in [5, 5.41) is 17.1. The van der Waals surface area contributed by atoms with E-state index in [2.05, 4.69) is 0 Å². The SMILES string of the molecule is OB(O)c1c(Cl)ccc(Cl)c1F. The lowest BCUT2D eigenvalue weighted by molar-refractivity contribution is 0.423. The van der Waals surface area contributed by atoms with Crippen molar-refractivity contribution in [3.05, 3.63) is 28.0 Å². The summed E-state index contributed by atoms with van der Waals surface area (Å²) in [6, 6.07) is 2.53. The Labute approximate surface area is 78.7 Å². The van der Waals surface area contributed by atoms with Crippen molar-refractivity contribution in [2.45, 2.75) is 0 Å². The van der Waals surface area contributed by atoms with Gasteiger partial charge in [0.2, 0.25) is 0 Å². The van der Waals surface area contributed by atoms with Crippen LogP contribution in [0, 0.1) is 5.82 Å². The van der Waals surface area contributed by atoms with Crippen molar-refractivity contribution in [2.24, 2.45) is 0 Å². The largest absolute Gasteiger partial charge is 0.493 e. The summed E-state index contributed by atoms with van der Waals surface area (Å²) < 4.78 is 13.0. The van der Waals surface area contributed by atoms with Crippen molar-refractivity contribution in [3.8, 4) is 0 Å². The van der Waals surface area contributed by atoms with E-state index in [4.69, 9.17) is 33.2 Å². The molecular weight excluding hydrogens is 205 g/mol. The number of hydrogen-bond acceptors (Lipinski definition) is 2. The normalized spacial score (nSPS) is 10.1. The summed E-state index contributed by atoms with van der Waals surface area (Å²) in [7, 11) is -1.95. The Morgan fingerprint density at radius 2 is 1.67 bits per heavy atom. The Morgan fingerprint density at radius 3 is 2.08 bits per heavy atom. The highest BCUT2D eigenvalue weighted by Gasteiger charge is 2.21. The van der Waals surface area contributed by atoms with E-state index in [0.717, 1.165) is 0 Å². The number of halogens is 3. The topological polar surface area (TPSA) is 40.5 Å². The maximum atomic E-state index is 13.0. The third-order valence-corrected chi connectivity index (χ3v) is 1.96. The molecule has 0 saturated carbocycles. The van der Waals surface area contributed by atoms with Gasteiger partial charge in [0.25, 0.3) is 0 Å². The summed E-state index contributed by atoms with van der Waals surface area (Å²) in [6.07, 6.45) is 0. The van der Waals surface area contributed by atoms with E-state index in [0.29, 0.717) is 0 Å². The van der Waals surface area contributed by atoms with E-state index < -0.39 is 18.4 Å². The first-order chi connectivity index (χ1) is 5.54. The Morgan fingerprint density at radius 1 is 1.17 bits per heavy atom. The summed E-state index contributed by atoms with van der Waals surface area (Å²) in [5.74, 6) is -0.904. The molecule has 0 aromatic heterocycles. The molecular formula is C6H4BCl2FO2. The molecule has 64 valence electrons. The van der Waals surface area contributed by atoms with Crippen molar-refractivity contribution in [3.63, 3.8) is 0 Å². The molecule has 2 N–H and O–H groups in total. The number of benzene rings is 1. The van der Waals surface area contributed by atoms with Gasteiger partial charge in [-0.2, -0.15) is 0 Å². The maximum Gasteiger partial charge on any atom is 0.493 e. The zero-order valence-corrected chi connectivity index (χ0v) is 7.27. The molecule has 0 unspecified atom stereocenters. The summed E-state index contributed by atoms with van der Waals surface area (Å²) >= 11 is 10.9. The lowest BCUT2D eigenvalue weighted by Crippen LogP contribution is -2.33. The lowest BCUT2D eigenvalue weighted by atomic mass is 9.80. The fraction of sp³-hybridized carbons (Fsp3) is 0. The predicted molar refractivity (Wildman–Crippen MR) is 46.2 cm³/mol. The summed E-state index contributed by atoms with van der Waals surface area (Å²) in [5.41, 5.74) is -0.399. The number of hydrogen-bond donors (Lipinski definition) is 2. The molecule has 0 amide bonds.